The minimum atomic E-state index is -0.330. The zero-order valence-corrected chi connectivity index (χ0v) is 14.7. The molecule has 0 saturated carbocycles. The van der Waals surface area contributed by atoms with Gasteiger partial charge in [0.05, 0.1) is 11.1 Å². The summed E-state index contributed by atoms with van der Waals surface area (Å²) < 4.78 is 5.28. The van der Waals surface area contributed by atoms with Gasteiger partial charge in [0.1, 0.15) is 0 Å². The number of carbonyl (C=O) groups excluding carboxylic acids is 3. The normalized spacial score (nSPS) is 14.3. The molecule has 136 valence electrons. The van der Waals surface area contributed by atoms with Crippen molar-refractivity contribution in [2.45, 2.75) is 32.6 Å². The lowest BCUT2D eigenvalue weighted by atomic mass is 10.1. The number of hydrogen-bond acceptors (Lipinski definition) is 6. The molecule has 0 aliphatic carbocycles. The highest BCUT2D eigenvalue weighted by Gasteiger charge is 2.28. The van der Waals surface area contributed by atoms with Gasteiger partial charge in [0.25, 0.3) is 11.8 Å². The highest BCUT2D eigenvalue weighted by atomic mass is 16.5. The lowest BCUT2D eigenvalue weighted by Crippen LogP contribution is -2.37. The lowest BCUT2D eigenvalue weighted by molar-refractivity contribution is -0.138. The molecule has 0 bridgehead atoms. The summed E-state index contributed by atoms with van der Waals surface area (Å²) in [6.45, 7) is 4.26. The average Bonchev–Trinajstić information content (AvgIpc) is 3.24. The SMILES string of the molecule is CC(C)c1noc(-c2ccccc2C(=O)NCCN2C(=O)CCC2=O)n1. The summed E-state index contributed by atoms with van der Waals surface area (Å²) in [5, 5.41) is 6.66. The van der Waals surface area contributed by atoms with Gasteiger partial charge in [-0.25, -0.2) is 0 Å². The number of hydrogen-bond donors (Lipinski definition) is 1. The smallest absolute Gasteiger partial charge is 0.258 e. The molecule has 0 spiro atoms. The Hall–Kier alpha value is -3.03. The van der Waals surface area contributed by atoms with Crippen LogP contribution in [-0.4, -0.2) is 45.9 Å². The first-order chi connectivity index (χ1) is 12.5. The average molecular weight is 356 g/mol. The van der Waals surface area contributed by atoms with Crippen LogP contribution in [0.25, 0.3) is 11.5 Å². The van der Waals surface area contributed by atoms with Gasteiger partial charge in [-0.05, 0) is 12.1 Å². The fourth-order valence-corrected chi connectivity index (χ4v) is 2.70. The van der Waals surface area contributed by atoms with Gasteiger partial charge in [0.2, 0.25) is 11.8 Å². The Morgan fingerprint density at radius 2 is 1.92 bits per heavy atom. The maximum Gasteiger partial charge on any atom is 0.258 e. The van der Waals surface area contributed by atoms with Crippen LogP contribution in [0.15, 0.2) is 28.8 Å². The van der Waals surface area contributed by atoms with E-state index >= 15 is 0 Å². The van der Waals surface area contributed by atoms with Crippen molar-refractivity contribution in [1.29, 1.82) is 0 Å². The van der Waals surface area contributed by atoms with E-state index in [1.165, 1.54) is 4.90 Å². The van der Waals surface area contributed by atoms with Crippen LogP contribution in [0.4, 0.5) is 0 Å². The first kappa shape index (κ1) is 17.8. The number of rotatable bonds is 6. The van der Waals surface area contributed by atoms with E-state index in [9.17, 15) is 14.4 Å². The number of imide groups is 1. The predicted molar refractivity (Wildman–Crippen MR) is 92.1 cm³/mol. The van der Waals surface area contributed by atoms with E-state index in [1.807, 2.05) is 13.8 Å². The van der Waals surface area contributed by atoms with E-state index in [-0.39, 0.29) is 55.5 Å². The van der Waals surface area contributed by atoms with Gasteiger partial charge in [-0.1, -0.05) is 31.1 Å². The summed E-state index contributed by atoms with van der Waals surface area (Å²) >= 11 is 0. The van der Waals surface area contributed by atoms with Gasteiger partial charge in [-0.2, -0.15) is 4.98 Å². The van der Waals surface area contributed by atoms with Gasteiger partial charge in [0.15, 0.2) is 5.82 Å². The summed E-state index contributed by atoms with van der Waals surface area (Å²) in [7, 11) is 0. The van der Waals surface area contributed by atoms with Gasteiger partial charge in [0, 0.05) is 31.8 Å². The largest absolute Gasteiger partial charge is 0.350 e. The van der Waals surface area contributed by atoms with Crippen molar-refractivity contribution in [2.75, 3.05) is 13.1 Å². The van der Waals surface area contributed by atoms with Crippen molar-refractivity contribution < 1.29 is 18.9 Å². The van der Waals surface area contributed by atoms with E-state index < -0.39 is 0 Å². The third kappa shape index (κ3) is 3.63. The Kier molecular flexibility index (Phi) is 5.11. The summed E-state index contributed by atoms with van der Waals surface area (Å²) in [6, 6.07) is 6.93. The van der Waals surface area contributed by atoms with Crippen LogP contribution in [0.5, 0.6) is 0 Å². The Bertz CT molecular complexity index is 827. The highest BCUT2D eigenvalue weighted by Crippen LogP contribution is 2.23. The maximum atomic E-state index is 12.5. The van der Waals surface area contributed by atoms with Gasteiger partial charge >= 0.3 is 0 Å². The minimum absolute atomic E-state index is 0.115. The minimum Gasteiger partial charge on any atom is -0.350 e. The van der Waals surface area contributed by atoms with Crippen LogP contribution < -0.4 is 5.32 Å². The molecular weight excluding hydrogens is 336 g/mol. The van der Waals surface area contributed by atoms with Gasteiger partial charge in [-0.15, -0.1) is 0 Å². The van der Waals surface area contributed by atoms with Crippen molar-refractivity contribution in [3.8, 4) is 11.5 Å². The van der Waals surface area contributed by atoms with Crippen LogP contribution in [0.1, 0.15) is 48.8 Å². The standard InChI is InChI=1S/C18H20N4O4/c1-11(2)16-20-18(26-21-16)13-6-4-3-5-12(13)17(25)19-9-10-22-14(23)7-8-15(22)24/h3-6,11H,7-10H2,1-2H3,(H,19,25). The van der Waals surface area contributed by atoms with Gasteiger partial charge < -0.3 is 9.84 Å². The molecule has 3 amide bonds. The first-order valence-corrected chi connectivity index (χ1v) is 8.51. The van der Waals surface area contributed by atoms with Crippen LogP contribution in [0.2, 0.25) is 0 Å². The first-order valence-electron chi connectivity index (χ1n) is 8.51. The highest BCUT2D eigenvalue weighted by molar-refractivity contribution is 6.02. The molecule has 8 heteroatoms. The topological polar surface area (TPSA) is 105 Å². The zero-order valence-electron chi connectivity index (χ0n) is 14.7. The Labute approximate surface area is 150 Å². The van der Waals surface area contributed by atoms with Crippen molar-refractivity contribution >= 4 is 17.7 Å². The molecule has 1 aliphatic rings. The summed E-state index contributed by atoms with van der Waals surface area (Å²) in [6.07, 6.45) is 0.482. The fourth-order valence-electron chi connectivity index (χ4n) is 2.70. The molecule has 2 heterocycles. The Morgan fingerprint density at radius 3 is 2.58 bits per heavy atom. The molecule has 1 aliphatic heterocycles. The molecule has 1 N–H and O–H groups in total. The molecule has 1 fully saturated rings. The quantitative estimate of drug-likeness (QED) is 0.790. The third-order valence-corrected chi connectivity index (χ3v) is 4.14. The maximum absolute atomic E-state index is 12.5. The van der Waals surface area contributed by atoms with E-state index in [2.05, 4.69) is 15.5 Å². The van der Waals surface area contributed by atoms with E-state index in [0.717, 1.165) is 0 Å². The number of nitrogens with zero attached hydrogens (tertiary/aromatic N) is 3. The van der Waals surface area contributed by atoms with Crippen molar-refractivity contribution in [3.63, 3.8) is 0 Å². The second kappa shape index (κ2) is 7.47. The number of aromatic nitrogens is 2. The van der Waals surface area contributed by atoms with Crippen LogP contribution in [-0.2, 0) is 9.59 Å². The Balaban J connectivity index is 1.69. The lowest BCUT2D eigenvalue weighted by Gasteiger charge is -2.14. The molecule has 1 saturated heterocycles. The van der Waals surface area contributed by atoms with Crippen molar-refractivity contribution in [2.24, 2.45) is 0 Å². The molecule has 3 rings (SSSR count). The molecule has 26 heavy (non-hydrogen) atoms. The predicted octanol–water partition coefficient (Wildman–Crippen LogP) is 1.74. The Morgan fingerprint density at radius 1 is 1.23 bits per heavy atom. The molecule has 2 aromatic rings. The van der Waals surface area contributed by atoms with Crippen molar-refractivity contribution in [3.05, 3.63) is 35.7 Å². The summed E-state index contributed by atoms with van der Waals surface area (Å²) in [5.41, 5.74) is 0.934. The fraction of sp³-hybridized carbons (Fsp3) is 0.389. The van der Waals surface area contributed by atoms with Crippen LogP contribution >= 0.6 is 0 Å². The molecular formula is C18H20N4O4. The monoisotopic (exact) mass is 356 g/mol. The number of amides is 3. The molecule has 0 atom stereocenters. The van der Waals surface area contributed by atoms with Crippen molar-refractivity contribution in [1.82, 2.24) is 20.4 Å². The van der Waals surface area contributed by atoms with E-state index in [4.69, 9.17) is 4.52 Å². The second-order valence-corrected chi connectivity index (χ2v) is 6.35. The van der Waals surface area contributed by atoms with Gasteiger partial charge in [-0.3, -0.25) is 19.3 Å². The van der Waals surface area contributed by atoms with Crippen LogP contribution in [0.3, 0.4) is 0 Å². The van der Waals surface area contributed by atoms with E-state index in [0.29, 0.717) is 17.0 Å². The van der Waals surface area contributed by atoms with Crippen LogP contribution in [0, 0.1) is 0 Å². The third-order valence-electron chi connectivity index (χ3n) is 4.14. The molecule has 0 unspecified atom stereocenters. The number of benzene rings is 1. The number of likely N-dealkylation sites (tertiary alicyclic amines) is 1. The molecule has 1 aromatic heterocycles. The number of nitrogens with one attached hydrogen (secondary N) is 1. The second-order valence-electron chi connectivity index (χ2n) is 6.35. The molecule has 0 radical (unpaired) electrons. The summed E-state index contributed by atoms with van der Waals surface area (Å²) in [4.78, 5) is 41.2. The summed E-state index contributed by atoms with van der Waals surface area (Å²) in [5.74, 6) is 0.243. The zero-order chi connectivity index (χ0) is 18.7. The number of carbonyl (C=O) groups is 3. The van der Waals surface area contributed by atoms with E-state index in [1.54, 1.807) is 24.3 Å². The molecule has 8 nitrogen and oxygen atoms in total. The molecule has 1 aromatic carbocycles.